The molecule has 14 heteroatoms. The summed E-state index contributed by atoms with van der Waals surface area (Å²) in [6, 6.07) is 10.1. The number of fused-ring (bicyclic) bond motifs is 2. The van der Waals surface area contributed by atoms with Crippen LogP contribution in [-0.2, 0) is 15.4 Å². The molecule has 2 aromatic carbocycles. The summed E-state index contributed by atoms with van der Waals surface area (Å²) in [4.78, 5) is 22.0. The highest BCUT2D eigenvalue weighted by Crippen LogP contribution is 2.49. The molecule has 0 saturated heterocycles. The number of hydrogen-bond donors (Lipinski definition) is 2. The molecular weight excluding hydrogens is 689 g/mol. The van der Waals surface area contributed by atoms with E-state index in [1.54, 1.807) is 25.3 Å². The zero-order valence-corrected chi connectivity index (χ0v) is 30.2. The number of nitrogens with zero attached hydrogens (tertiary/aromatic N) is 2. The van der Waals surface area contributed by atoms with Gasteiger partial charge in [-0.1, -0.05) is 26.8 Å². The van der Waals surface area contributed by atoms with Crippen molar-refractivity contribution in [2.75, 3.05) is 19.8 Å². The van der Waals surface area contributed by atoms with Gasteiger partial charge in [-0.05, 0) is 80.4 Å². The Morgan fingerprint density at radius 1 is 1.08 bits per heavy atom. The SMILES string of the molecule is CC(C)(C)[Si](C)(C)OC[C@@]1(C)COc2c1cc(C(O)(CNC(=O)c1cc(OC3CC3)c3ncccc3c1)C(F)(F)F)nc2-c1ccc(F)c(F)c1. The second-order valence-corrected chi connectivity index (χ2v) is 20.0. The van der Waals surface area contributed by atoms with Crippen molar-refractivity contribution in [3.63, 3.8) is 0 Å². The molecule has 2 atom stereocenters. The maximum absolute atomic E-state index is 15.1. The van der Waals surface area contributed by atoms with E-state index in [0.717, 1.165) is 31.0 Å². The normalized spacial score (nSPS) is 19.0. The third-order valence-corrected chi connectivity index (χ3v) is 14.5. The highest BCUT2D eigenvalue weighted by Gasteiger charge is 2.57. The largest absolute Gasteiger partial charge is 0.490 e. The van der Waals surface area contributed by atoms with Crippen molar-refractivity contribution in [3.8, 4) is 22.8 Å². The van der Waals surface area contributed by atoms with E-state index in [9.17, 15) is 18.7 Å². The van der Waals surface area contributed by atoms with E-state index in [4.69, 9.17) is 13.9 Å². The van der Waals surface area contributed by atoms with Crippen LogP contribution in [0.15, 0.2) is 54.7 Å². The van der Waals surface area contributed by atoms with E-state index < -0.39 is 55.3 Å². The fraction of sp³-hybridized carbons (Fsp3) is 0.432. The van der Waals surface area contributed by atoms with E-state index in [1.165, 1.54) is 18.2 Å². The number of hydrogen-bond acceptors (Lipinski definition) is 7. The first-order valence-corrected chi connectivity index (χ1v) is 19.5. The number of carbonyl (C=O) groups is 1. The molecule has 1 aliphatic carbocycles. The molecule has 0 radical (unpaired) electrons. The lowest BCUT2D eigenvalue weighted by molar-refractivity contribution is -0.265. The highest BCUT2D eigenvalue weighted by molar-refractivity contribution is 6.74. The lowest BCUT2D eigenvalue weighted by Gasteiger charge is -2.39. The monoisotopic (exact) mass is 729 g/mol. The first kappa shape index (κ1) is 36.6. The second kappa shape index (κ2) is 12.8. The Hall–Kier alpha value is -4.14. The van der Waals surface area contributed by atoms with Gasteiger partial charge in [-0.15, -0.1) is 0 Å². The molecule has 2 aliphatic rings. The van der Waals surface area contributed by atoms with Crippen LogP contribution in [0.1, 0.15) is 62.2 Å². The molecule has 1 unspecified atom stereocenters. The predicted molar refractivity (Wildman–Crippen MR) is 183 cm³/mol. The average Bonchev–Trinajstić information content (AvgIpc) is 3.82. The van der Waals surface area contributed by atoms with Gasteiger partial charge in [0.15, 0.2) is 20.0 Å². The summed E-state index contributed by atoms with van der Waals surface area (Å²) in [6.45, 7) is 10.7. The van der Waals surface area contributed by atoms with Gasteiger partial charge < -0.3 is 24.3 Å². The Morgan fingerprint density at radius 3 is 2.45 bits per heavy atom. The average molecular weight is 730 g/mol. The van der Waals surface area contributed by atoms with E-state index in [-0.39, 0.29) is 52.5 Å². The van der Waals surface area contributed by atoms with Crippen molar-refractivity contribution in [1.29, 1.82) is 0 Å². The lowest BCUT2D eigenvalue weighted by Crippen LogP contribution is -2.51. The molecule has 8 nitrogen and oxygen atoms in total. The number of halogens is 5. The Bertz CT molecular complexity index is 2000. The number of rotatable bonds is 10. The number of benzene rings is 2. The third-order valence-electron chi connectivity index (χ3n) is 10.1. The summed E-state index contributed by atoms with van der Waals surface area (Å²) in [5.41, 5.74) is -5.14. The molecule has 1 amide bonds. The first-order chi connectivity index (χ1) is 23.7. The summed E-state index contributed by atoms with van der Waals surface area (Å²) >= 11 is 0. The molecule has 4 aromatic rings. The number of pyridine rings is 2. The van der Waals surface area contributed by atoms with Crippen LogP contribution in [-0.4, -0.2) is 61.3 Å². The fourth-order valence-corrected chi connectivity index (χ4v) is 6.67. The second-order valence-electron chi connectivity index (χ2n) is 15.2. The van der Waals surface area contributed by atoms with Gasteiger partial charge in [0, 0.05) is 34.9 Å². The Morgan fingerprint density at radius 2 is 1.80 bits per heavy atom. The minimum Gasteiger partial charge on any atom is -0.490 e. The van der Waals surface area contributed by atoms with Crippen LogP contribution in [0.3, 0.4) is 0 Å². The first-order valence-electron chi connectivity index (χ1n) is 16.6. The summed E-state index contributed by atoms with van der Waals surface area (Å²) in [7, 11) is -2.35. The number of ether oxygens (including phenoxy) is 2. The summed E-state index contributed by atoms with van der Waals surface area (Å²) in [5.74, 6) is -2.92. The van der Waals surface area contributed by atoms with Gasteiger partial charge >= 0.3 is 6.18 Å². The zero-order valence-electron chi connectivity index (χ0n) is 29.2. The van der Waals surface area contributed by atoms with Crippen LogP contribution in [0.25, 0.3) is 22.2 Å². The van der Waals surface area contributed by atoms with Crippen LogP contribution in [0.4, 0.5) is 22.0 Å². The quantitative estimate of drug-likeness (QED) is 0.126. The summed E-state index contributed by atoms with van der Waals surface area (Å²) in [6.07, 6.45) is -2.17. The van der Waals surface area contributed by atoms with Gasteiger partial charge in [-0.2, -0.15) is 13.2 Å². The Balaban J connectivity index is 1.40. The summed E-state index contributed by atoms with van der Waals surface area (Å²) < 4.78 is 92.1. The maximum Gasteiger partial charge on any atom is 0.424 e. The van der Waals surface area contributed by atoms with Gasteiger partial charge in [0.05, 0.1) is 23.8 Å². The van der Waals surface area contributed by atoms with Crippen molar-refractivity contribution >= 4 is 25.1 Å². The number of amides is 1. The van der Waals surface area contributed by atoms with Gasteiger partial charge in [0.2, 0.25) is 5.60 Å². The number of aromatic nitrogens is 2. The lowest BCUT2D eigenvalue weighted by atomic mass is 9.83. The molecule has 1 saturated carbocycles. The molecule has 51 heavy (non-hydrogen) atoms. The number of alkyl halides is 3. The van der Waals surface area contributed by atoms with Crippen molar-refractivity contribution in [2.24, 2.45) is 0 Å². The number of aliphatic hydroxyl groups is 1. The Labute approximate surface area is 293 Å². The summed E-state index contributed by atoms with van der Waals surface area (Å²) in [5, 5.41) is 14.2. The molecule has 2 N–H and O–H groups in total. The number of carbonyl (C=O) groups excluding carboxylic acids is 1. The van der Waals surface area contributed by atoms with E-state index in [0.29, 0.717) is 16.7 Å². The smallest absolute Gasteiger partial charge is 0.424 e. The fourth-order valence-electron chi connectivity index (χ4n) is 5.56. The standard InChI is InChI=1S/C37H40F5N3O5Si/c1-34(2,3)51(5,6)49-20-35(4)19-48-32-25(35)17-29(45-31(32)22-9-12-26(38)27(39)15-22)36(47,37(40,41)42)18-44-33(46)23-14-21-8-7-13-43-30(21)28(16-23)50-24-10-11-24/h7-9,12-17,24,47H,10-11,18-20H2,1-6H3,(H,44,46)/t35-,36?/m1/s1. The topological polar surface area (TPSA) is 103 Å². The van der Waals surface area contributed by atoms with E-state index in [2.05, 4.69) is 36.1 Å². The van der Waals surface area contributed by atoms with Crippen LogP contribution >= 0.6 is 0 Å². The highest BCUT2D eigenvalue weighted by atomic mass is 28.4. The van der Waals surface area contributed by atoms with Crippen LogP contribution in [0.5, 0.6) is 11.5 Å². The molecule has 3 heterocycles. The minimum absolute atomic E-state index is 0.00353. The molecule has 0 bridgehead atoms. The predicted octanol–water partition coefficient (Wildman–Crippen LogP) is 7.97. The molecule has 0 spiro atoms. The van der Waals surface area contributed by atoms with Gasteiger partial charge in [-0.3, -0.25) is 9.78 Å². The van der Waals surface area contributed by atoms with Crippen molar-refractivity contribution in [3.05, 3.63) is 83.2 Å². The van der Waals surface area contributed by atoms with Gasteiger partial charge in [0.25, 0.3) is 5.91 Å². The third kappa shape index (κ3) is 7.05. The van der Waals surface area contributed by atoms with Gasteiger partial charge in [-0.25, -0.2) is 13.8 Å². The van der Waals surface area contributed by atoms with Gasteiger partial charge in [0.1, 0.15) is 29.3 Å². The van der Waals surface area contributed by atoms with Crippen molar-refractivity contribution in [1.82, 2.24) is 15.3 Å². The van der Waals surface area contributed by atoms with Crippen molar-refractivity contribution in [2.45, 2.75) is 82.0 Å². The molecule has 272 valence electrons. The molecule has 6 rings (SSSR count). The zero-order chi connectivity index (χ0) is 37.1. The van der Waals surface area contributed by atoms with Crippen LogP contribution in [0.2, 0.25) is 18.1 Å². The number of nitrogens with one attached hydrogen (secondary N) is 1. The molecule has 2 aromatic heterocycles. The molecular formula is C37H40F5N3O5Si. The Kier molecular flexibility index (Phi) is 9.21. The van der Waals surface area contributed by atoms with Crippen LogP contribution < -0.4 is 14.8 Å². The van der Waals surface area contributed by atoms with Crippen molar-refractivity contribution < 1.29 is 45.8 Å². The maximum atomic E-state index is 15.1. The minimum atomic E-state index is -5.35. The molecule has 1 fully saturated rings. The van der Waals surface area contributed by atoms with E-state index in [1.807, 2.05) is 13.1 Å². The molecule has 1 aliphatic heterocycles. The van der Waals surface area contributed by atoms with Crippen LogP contribution in [0, 0.1) is 11.6 Å². The van der Waals surface area contributed by atoms with E-state index >= 15 is 13.2 Å².